The molecule has 0 fully saturated rings. The van der Waals surface area contributed by atoms with Gasteiger partial charge in [-0.25, -0.2) is 4.98 Å². The Kier molecular flexibility index (Phi) is 5.37. The first-order valence-electron chi connectivity index (χ1n) is 7.28. The van der Waals surface area contributed by atoms with Crippen LogP contribution >= 0.6 is 0 Å². The third-order valence-electron chi connectivity index (χ3n) is 3.10. The number of hydrogen-bond acceptors (Lipinski definition) is 5. The molecule has 5 nitrogen and oxygen atoms in total. The van der Waals surface area contributed by atoms with Gasteiger partial charge in [0.05, 0.1) is 6.61 Å². The fraction of sp³-hybridized carbons (Fsp3) is 0.375. The number of hydrogen-bond donors (Lipinski definition) is 1. The largest absolute Gasteiger partial charge is 0.478 e. The highest BCUT2D eigenvalue weighted by atomic mass is 16.5. The lowest BCUT2D eigenvalue weighted by atomic mass is 10.1. The predicted octanol–water partition coefficient (Wildman–Crippen LogP) is 2.87. The second kappa shape index (κ2) is 7.47. The number of rotatable bonds is 7. The fourth-order valence-electron chi connectivity index (χ4n) is 2.12. The summed E-state index contributed by atoms with van der Waals surface area (Å²) in [5, 5.41) is 0. The van der Waals surface area contributed by atoms with Crippen molar-refractivity contribution in [3.05, 3.63) is 42.1 Å². The molecule has 5 heteroatoms. The van der Waals surface area contributed by atoms with E-state index in [4.69, 9.17) is 10.5 Å². The van der Waals surface area contributed by atoms with Gasteiger partial charge < -0.3 is 15.4 Å². The van der Waals surface area contributed by atoms with Crippen molar-refractivity contribution < 1.29 is 4.74 Å². The van der Waals surface area contributed by atoms with Gasteiger partial charge in [-0.2, -0.15) is 4.98 Å². The molecule has 0 bridgehead atoms. The minimum Gasteiger partial charge on any atom is -0.478 e. The van der Waals surface area contributed by atoms with Gasteiger partial charge in [-0.3, -0.25) is 0 Å². The highest BCUT2D eigenvalue weighted by Gasteiger charge is 2.12. The van der Waals surface area contributed by atoms with Crippen LogP contribution in [-0.2, 0) is 6.54 Å². The summed E-state index contributed by atoms with van der Waals surface area (Å²) in [4.78, 5) is 10.9. The zero-order valence-electron chi connectivity index (χ0n) is 12.6. The zero-order chi connectivity index (χ0) is 15.1. The van der Waals surface area contributed by atoms with Gasteiger partial charge in [-0.1, -0.05) is 25.1 Å². The summed E-state index contributed by atoms with van der Waals surface area (Å²) in [6.45, 7) is 6.22. The first-order valence-corrected chi connectivity index (χ1v) is 7.28. The van der Waals surface area contributed by atoms with Crippen LogP contribution in [0.5, 0.6) is 5.88 Å². The molecular formula is C16H22N4O. The molecule has 0 aliphatic heterocycles. The molecule has 0 atom stereocenters. The molecule has 112 valence electrons. The van der Waals surface area contributed by atoms with Gasteiger partial charge in [0.25, 0.3) is 0 Å². The summed E-state index contributed by atoms with van der Waals surface area (Å²) in [6.07, 6.45) is 2.74. The number of para-hydroxylation sites is 1. The van der Waals surface area contributed by atoms with E-state index in [1.165, 1.54) is 0 Å². The molecule has 0 unspecified atom stereocenters. The Bertz CT molecular complexity index is 574. The molecule has 1 aromatic carbocycles. The minimum atomic E-state index is 0.593. The van der Waals surface area contributed by atoms with Crippen molar-refractivity contribution in [2.45, 2.75) is 26.8 Å². The number of nitrogens with two attached hydrogens (primary N) is 1. The maximum absolute atomic E-state index is 6.03. The van der Waals surface area contributed by atoms with E-state index in [1.54, 1.807) is 12.3 Å². The van der Waals surface area contributed by atoms with Crippen LogP contribution in [0.4, 0.5) is 11.6 Å². The summed E-state index contributed by atoms with van der Waals surface area (Å²) < 4.78 is 5.45. The number of ether oxygens (including phenoxy) is 1. The molecular weight excluding hydrogens is 264 g/mol. The molecule has 2 N–H and O–H groups in total. The zero-order valence-corrected chi connectivity index (χ0v) is 12.6. The van der Waals surface area contributed by atoms with Gasteiger partial charge in [-0.05, 0) is 25.0 Å². The van der Waals surface area contributed by atoms with E-state index in [9.17, 15) is 0 Å². The first-order chi connectivity index (χ1) is 10.2. The Balaban J connectivity index is 2.22. The van der Waals surface area contributed by atoms with E-state index in [0.717, 1.165) is 24.2 Å². The highest BCUT2D eigenvalue weighted by molar-refractivity contribution is 5.48. The lowest BCUT2D eigenvalue weighted by Gasteiger charge is -2.23. The van der Waals surface area contributed by atoms with Crippen molar-refractivity contribution in [3.8, 4) is 5.88 Å². The van der Waals surface area contributed by atoms with Crippen LogP contribution in [0.2, 0.25) is 0 Å². The molecule has 1 aromatic heterocycles. The van der Waals surface area contributed by atoms with Crippen molar-refractivity contribution in [1.29, 1.82) is 0 Å². The smallest absolute Gasteiger partial charge is 0.228 e. The quantitative estimate of drug-likeness (QED) is 0.793. The Morgan fingerprint density at radius 1 is 1.19 bits per heavy atom. The van der Waals surface area contributed by atoms with Crippen LogP contribution in [0.25, 0.3) is 0 Å². The molecule has 2 aromatic rings. The SMILES string of the molecule is CCCN(Cc1ccccc1N)c1nccc(OCC)n1. The van der Waals surface area contributed by atoms with Gasteiger partial charge in [-0.15, -0.1) is 0 Å². The van der Waals surface area contributed by atoms with E-state index in [1.807, 2.05) is 31.2 Å². The van der Waals surface area contributed by atoms with Gasteiger partial charge in [0.15, 0.2) is 0 Å². The van der Waals surface area contributed by atoms with Crippen molar-refractivity contribution in [3.63, 3.8) is 0 Å². The highest BCUT2D eigenvalue weighted by Crippen LogP contribution is 2.19. The molecule has 0 aliphatic carbocycles. The number of nitrogens with zero attached hydrogens (tertiary/aromatic N) is 3. The third-order valence-corrected chi connectivity index (χ3v) is 3.10. The van der Waals surface area contributed by atoms with Gasteiger partial charge in [0.2, 0.25) is 11.8 Å². The Morgan fingerprint density at radius 2 is 2.00 bits per heavy atom. The van der Waals surface area contributed by atoms with Crippen LogP contribution < -0.4 is 15.4 Å². The normalized spacial score (nSPS) is 10.4. The number of aromatic nitrogens is 2. The number of nitrogen functional groups attached to an aromatic ring is 1. The average Bonchev–Trinajstić information content (AvgIpc) is 2.49. The first kappa shape index (κ1) is 15.1. The molecule has 0 saturated heterocycles. The van der Waals surface area contributed by atoms with Gasteiger partial charge in [0.1, 0.15) is 0 Å². The van der Waals surface area contributed by atoms with Crippen molar-refractivity contribution in [2.24, 2.45) is 0 Å². The predicted molar refractivity (Wildman–Crippen MR) is 85.4 cm³/mol. The summed E-state index contributed by atoms with van der Waals surface area (Å²) in [6, 6.07) is 9.65. The summed E-state index contributed by atoms with van der Waals surface area (Å²) >= 11 is 0. The van der Waals surface area contributed by atoms with E-state index in [0.29, 0.717) is 25.0 Å². The van der Waals surface area contributed by atoms with E-state index < -0.39 is 0 Å². The number of anilines is 2. The summed E-state index contributed by atoms with van der Waals surface area (Å²) in [5.41, 5.74) is 7.90. The molecule has 0 aliphatic rings. The second-order valence-electron chi connectivity index (χ2n) is 4.75. The number of benzene rings is 1. The molecule has 21 heavy (non-hydrogen) atoms. The van der Waals surface area contributed by atoms with Crippen molar-refractivity contribution in [2.75, 3.05) is 23.8 Å². The monoisotopic (exact) mass is 286 g/mol. The molecule has 1 heterocycles. The van der Waals surface area contributed by atoms with Gasteiger partial charge >= 0.3 is 0 Å². The van der Waals surface area contributed by atoms with Crippen LogP contribution in [0.15, 0.2) is 36.5 Å². The molecule has 0 amide bonds. The van der Waals surface area contributed by atoms with E-state index in [-0.39, 0.29) is 0 Å². The van der Waals surface area contributed by atoms with Crippen LogP contribution in [0.3, 0.4) is 0 Å². The Labute approximate surface area is 125 Å². The maximum atomic E-state index is 6.03. The lowest BCUT2D eigenvalue weighted by Crippen LogP contribution is -2.26. The Hall–Kier alpha value is -2.30. The standard InChI is InChI=1S/C16H22N4O/c1-3-11-20(12-13-7-5-6-8-14(13)17)16-18-10-9-15(19-16)21-4-2/h5-10H,3-4,11-12,17H2,1-2H3. The van der Waals surface area contributed by atoms with E-state index >= 15 is 0 Å². The second-order valence-corrected chi connectivity index (χ2v) is 4.75. The summed E-state index contributed by atoms with van der Waals surface area (Å²) in [7, 11) is 0. The van der Waals surface area contributed by atoms with Crippen LogP contribution in [0.1, 0.15) is 25.8 Å². The molecule has 0 saturated carbocycles. The summed E-state index contributed by atoms with van der Waals surface area (Å²) in [5.74, 6) is 1.27. The molecule has 0 radical (unpaired) electrons. The molecule has 2 rings (SSSR count). The van der Waals surface area contributed by atoms with Crippen LogP contribution in [0, 0.1) is 0 Å². The van der Waals surface area contributed by atoms with Crippen molar-refractivity contribution >= 4 is 11.6 Å². The lowest BCUT2D eigenvalue weighted by molar-refractivity contribution is 0.326. The van der Waals surface area contributed by atoms with E-state index in [2.05, 4.69) is 21.8 Å². The maximum Gasteiger partial charge on any atom is 0.228 e. The van der Waals surface area contributed by atoms with Crippen molar-refractivity contribution in [1.82, 2.24) is 9.97 Å². The molecule has 0 spiro atoms. The fourth-order valence-corrected chi connectivity index (χ4v) is 2.12. The van der Waals surface area contributed by atoms with Crippen LogP contribution in [-0.4, -0.2) is 23.1 Å². The Morgan fingerprint density at radius 3 is 2.71 bits per heavy atom. The average molecular weight is 286 g/mol. The third kappa shape index (κ3) is 4.08. The minimum absolute atomic E-state index is 0.593. The van der Waals surface area contributed by atoms with Gasteiger partial charge in [0, 0.05) is 31.0 Å². The topological polar surface area (TPSA) is 64.3 Å².